The summed E-state index contributed by atoms with van der Waals surface area (Å²) in [7, 11) is 0. The van der Waals surface area contributed by atoms with Crippen molar-refractivity contribution in [1.82, 2.24) is 0 Å². The summed E-state index contributed by atoms with van der Waals surface area (Å²) >= 11 is 0.835. The van der Waals surface area contributed by atoms with E-state index >= 15 is 0 Å². The normalized spacial score (nSPS) is 9.62. The monoisotopic (exact) mass is 197 g/mol. The van der Waals surface area contributed by atoms with Crippen molar-refractivity contribution < 1.29 is 14.6 Å². The number of rotatable bonds is 3. The lowest BCUT2D eigenvalue weighted by Gasteiger charge is -2.00. The Morgan fingerprint density at radius 3 is 2.92 bits per heavy atom. The fourth-order valence-electron chi connectivity index (χ4n) is 0.828. The molecule has 0 saturated carbocycles. The number of nitrogens with zero attached hydrogens (tertiary/aromatic N) is 1. The van der Waals surface area contributed by atoms with Crippen LogP contribution in [0.2, 0.25) is 0 Å². The number of benzene rings is 1. The number of hydrogen-bond acceptors (Lipinski definition) is 5. The third-order valence-corrected chi connectivity index (χ3v) is 2.07. The molecule has 68 valence electrons. The van der Waals surface area contributed by atoms with Crippen LogP contribution in [0.1, 0.15) is 11.1 Å². The molecule has 1 aromatic carbocycles. The molecule has 0 fully saturated rings. The van der Waals surface area contributed by atoms with E-state index in [4.69, 9.17) is 10.5 Å². The molecule has 0 spiro atoms. The van der Waals surface area contributed by atoms with Crippen molar-refractivity contribution in [2.24, 2.45) is 0 Å². The van der Waals surface area contributed by atoms with E-state index in [2.05, 4.69) is 9.37 Å². The van der Waals surface area contributed by atoms with Gasteiger partial charge in [-0.15, -0.1) is 4.33 Å². The average Bonchev–Trinajstić information content (AvgIpc) is 2.16. The van der Waals surface area contributed by atoms with E-state index in [0.717, 1.165) is 17.6 Å². The van der Waals surface area contributed by atoms with Gasteiger partial charge in [-0.25, -0.2) is 5.26 Å². The minimum atomic E-state index is 0.575. The van der Waals surface area contributed by atoms with Gasteiger partial charge in [0.2, 0.25) is 0 Å². The van der Waals surface area contributed by atoms with Crippen molar-refractivity contribution in [1.29, 1.82) is 5.26 Å². The van der Waals surface area contributed by atoms with Gasteiger partial charge in [0.1, 0.15) is 0 Å². The highest BCUT2D eigenvalue weighted by molar-refractivity contribution is 7.94. The van der Waals surface area contributed by atoms with E-state index in [0.29, 0.717) is 10.5 Å². The molecular weight excluding hydrogens is 190 g/mol. The lowest BCUT2D eigenvalue weighted by atomic mass is 10.1. The molecule has 0 unspecified atom stereocenters. The third-order valence-electron chi connectivity index (χ3n) is 1.49. The van der Waals surface area contributed by atoms with Gasteiger partial charge >= 0.3 is 0 Å². The summed E-state index contributed by atoms with van der Waals surface area (Å²) in [6, 6.07) is 7.25. The fourth-order valence-corrected chi connectivity index (χ4v) is 1.23. The first-order valence-electron chi connectivity index (χ1n) is 3.43. The van der Waals surface area contributed by atoms with Crippen LogP contribution in [-0.4, -0.2) is 5.26 Å². The summed E-state index contributed by atoms with van der Waals surface area (Å²) in [5.74, 6) is 0. The molecule has 0 atom stereocenters. The first-order valence-corrected chi connectivity index (χ1v) is 4.17. The van der Waals surface area contributed by atoms with Gasteiger partial charge in [-0.2, -0.15) is 5.26 Å². The zero-order valence-electron chi connectivity index (χ0n) is 6.85. The van der Waals surface area contributed by atoms with Crippen LogP contribution in [0.5, 0.6) is 0 Å². The minimum Gasteiger partial charge on any atom is -0.220 e. The zero-order valence-corrected chi connectivity index (χ0v) is 7.67. The minimum absolute atomic E-state index is 0.575. The number of nitriles is 1. The quantitative estimate of drug-likeness (QED) is 0.457. The van der Waals surface area contributed by atoms with E-state index in [1.165, 1.54) is 0 Å². The molecule has 0 saturated heterocycles. The van der Waals surface area contributed by atoms with E-state index in [9.17, 15) is 0 Å². The van der Waals surface area contributed by atoms with Gasteiger partial charge in [0.05, 0.1) is 23.7 Å². The molecule has 0 aliphatic heterocycles. The Labute approximate surface area is 79.8 Å². The van der Waals surface area contributed by atoms with Crippen LogP contribution in [0.25, 0.3) is 0 Å². The molecule has 0 bridgehead atoms. The summed E-state index contributed by atoms with van der Waals surface area (Å²) in [5, 5.41) is 20.0. The first-order chi connectivity index (χ1) is 6.27. The van der Waals surface area contributed by atoms with Gasteiger partial charge in [-0.05, 0) is 24.6 Å². The molecule has 5 heteroatoms. The van der Waals surface area contributed by atoms with E-state index < -0.39 is 0 Å². The molecule has 0 radical (unpaired) electrons. The van der Waals surface area contributed by atoms with Crippen molar-refractivity contribution in [3.05, 3.63) is 29.3 Å². The smallest absolute Gasteiger partial charge is 0.0994 e. The molecule has 0 aliphatic rings. The first kappa shape index (κ1) is 10.0. The largest absolute Gasteiger partial charge is 0.220 e. The Morgan fingerprint density at radius 1 is 1.54 bits per heavy atom. The lowest BCUT2D eigenvalue weighted by Crippen LogP contribution is -1.84. The van der Waals surface area contributed by atoms with E-state index in [1.807, 2.05) is 13.0 Å². The number of aryl methyl sites for hydroxylation is 1. The lowest BCUT2D eigenvalue weighted by molar-refractivity contribution is -0.432. The second kappa shape index (κ2) is 4.84. The van der Waals surface area contributed by atoms with Crippen LogP contribution >= 0.6 is 12.0 Å². The fraction of sp³-hybridized carbons (Fsp3) is 0.125. The van der Waals surface area contributed by atoms with Gasteiger partial charge in [0, 0.05) is 4.90 Å². The van der Waals surface area contributed by atoms with Crippen molar-refractivity contribution in [3.63, 3.8) is 0 Å². The van der Waals surface area contributed by atoms with Crippen LogP contribution < -0.4 is 0 Å². The van der Waals surface area contributed by atoms with Crippen LogP contribution in [0, 0.1) is 18.3 Å². The van der Waals surface area contributed by atoms with Crippen molar-refractivity contribution >= 4 is 12.0 Å². The van der Waals surface area contributed by atoms with Crippen molar-refractivity contribution in [2.45, 2.75) is 11.8 Å². The predicted octanol–water partition coefficient (Wildman–Crippen LogP) is 2.29. The summed E-state index contributed by atoms with van der Waals surface area (Å²) in [6.07, 6.45) is 0. The van der Waals surface area contributed by atoms with E-state index in [1.54, 1.807) is 18.2 Å². The molecule has 1 rings (SSSR count). The maximum Gasteiger partial charge on any atom is 0.0994 e. The molecule has 0 aromatic heterocycles. The molecular formula is C8H7NO3S. The Bertz CT molecular complexity index is 335. The number of hydrogen-bond donors (Lipinski definition) is 1. The molecule has 0 heterocycles. The molecule has 4 nitrogen and oxygen atoms in total. The predicted molar refractivity (Wildman–Crippen MR) is 46.5 cm³/mol. The van der Waals surface area contributed by atoms with Crippen molar-refractivity contribution in [3.8, 4) is 6.07 Å². The molecule has 0 aliphatic carbocycles. The summed E-state index contributed by atoms with van der Waals surface area (Å²) in [5.41, 5.74) is 1.48. The molecule has 13 heavy (non-hydrogen) atoms. The standard InChI is InChI=1S/C8H7NO3S/c1-6-2-3-8(13-12-11-10)4-7(6)5-9/h2-4,10H,1H3. The van der Waals surface area contributed by atoms with Crippen LogP contribution in [0.15, 0.2) is 23.1 Å². The van der Waals surface area contributed by atoms with Crippen LogP contribution in [0.3, 0.4) is 0 Å². The molecule has 1 N–H and O–H groups in total. The van der Waals surface area contributed by atoms with Gasteiger partial charge in [-0.3, -0.25) is 0 Å². The topological polar surface area (TPSA) is 62.5 Å². The molecule has 1 aromatic rings. The highest BCUT2D eigenvalue weighted by Crippen LogP contribution is 2.21. The van der Waals surface area contributed by atoms with Crippen LogP contribution in [-0.2, 0) is 9.37 Å². The van der Waals surface area contributed by atoms with Gasteiger partial charge in [0.15, 0.2) is 0 Å². The Balaban J connectivity index is 2.82. The Morgan fingerprint density at radius 2 is 2.31 bits per heavy atom. The maximum absolute atomic E-state index is 8.69. The second-order valence-corrected chi connectivity index (χ2v) is 3.09. The van der Waals surface area contributed by atoms with Gasteiger partial charge < -0.3 is 0 Å². The Kier molecular flexibility index (Phi) is 3.73. The highest BCUT2D eigenvalue weighted by Gasteiger charge is 2.00. The highest BCUT2D eigenvalue weighted by atomic mass is 32.2. The summed E-state index contributed by atoms with van der Waals surface area (Å²) < 4.78 is 4.22. The summed E-state index contributed by atoms with van der Waals surface area (Å²) in [4.78, 5) is 0.691. The average molecular weight is 197 g/mol. The van der Waals surface area contributed by atoms with Crippen LogP contribution in [0.4, 0.5) is 0 Å². The second-order valence-electron chi connectivity index (χ2n) is 2.31. The van der Waals surface area contributed by atoms with Gasteiger partial charge in [-0.1, -0.05) is 11.1 Å². The van der Waals surface area contributed by atoms with Crippen molar-refractivity contribution in [2.75, 3.05) is 0 Å². The third kappa shape index (κ3) is 2.72. The molecule has 0 amide bonds. The van der Waals surface area contributed by atoms with Gasteiger partial charge in [0.25, 0.3) is 0 Å². The SMILES string of the molecule is Cc1ccc(SOOO)cc1C#N. The summed E-state index contributed by atoms with van der Waals surface area (Å²) in [6.45, 7) is 1.84. The maximum atomic E-state index is 8.69. The zero-order chi connectivity index (χ0) is 9.68. The van der Waals surface area contributed by atoms with E-state index in [-0.39, 0.29) is 0 Å². The Hall–Kier alpha value is -1.06.